The van der Waals surface area contributed by atoms with Crippen molar-refractivity contribution in [3.8, 4) is 5.75 Å². The van der Waals surface area contributed by atoms with Crippen LogP contribution >= 0.6 is 11.6 Å². The van der Waals surface area contributed by atoms with Crippen molar-refractivity contribution in [2.75, 3.05) is 18.1 Å². The molecule has 0 radical (unpaired) electrons. The lowest BCUT2D eigenvalue weighted by atomic mass is 10.2. The predicted molar refractivity (Wildman–Crippen MR) is 55.6 cm³/mol. The molecule has 5 nitrogen and oxygen atoms in total. The molecule has 14 heavy (non-hydrogen) atoms. The van der Waals surface area contributed by atoms with E-state index in [0.717, 1.165) is 0 Å². The molecule has 0 saturated heterocycles. The van der Waals surface area contributed by atoms with Gasteiger partial charge >= 0.3 is 6.03 Å². The topological polar surface area (TPSA) is 87.4 Å². The molecule has 5 N–H and O–H groups in total. The number of benzene rings is 1. The van der Waals surface area contributed by atoms with Gasteiger partial charge in [-0.1, -0.05) is 11.6 Å². The fourth-order valence-corrected chi connectivity index (χ4v) is 1.03. The Morgan fingerprint density at radius 3 is 2.79 bits per heavy atom. The van der Waals surface area contributed by atoms with Gasteiger partial charge in [0.2, 0.25) is 0 Å². The molecule has 0 aliphatic rings. The maximum Gasteiger partial charge on any atom is 0.319 e. The van der Waals surface area contributed by atoms with Gasteiger partial charge in [0.25, 0.3) is 0 Å². The number of halogens is 1. The second-order valence-electron chi connectivity index (χ2n) is 2.59. The number of nitrogen functional groups attached to an aromatic ring is 1. The zero-order chi connectivity index (χ0) is 10.7. The summed E-state index contributed by atoms with van der Waals surface area (Å²) in [6, 6.07) is 2.20. The normalized spacial score (nSPS) is 9.57. The molecule has 1 aromatic rings. The van der Waals surface area contributed by atoms with Crippen molar-refractivity contribution < 1.29 is 9.90 Å². The van der Waals surface area contributed by atoms with Crippen molar-refractivity contribution in [2.24, 2.45) is 0 Å². The third kappa shape index (κ3) is 2.20. The number of nitrogens with two attached hydrogens (primary N) is 1. The maximum atomic E-state index is 10.9. The standard InChI is InChI=1S/C8H10ClN3O2/c1-11-8(14)12-6-2-4(9)5(10)3-7(6)13/h2-3,13H,10H2,1H3,(H2,11,12,14). The van der Waals surface area contributed by atoms with Crippen LogP contribution in [0.5, 0.6) is 5.75 Å². The van der Waals surface area contributed by atoms with E-state index < -0.39 is 6.03 Å². The number of urea groups is 1. The van der Waals surface area contributed by atoms with Crippen LogP contribution in [0.2, 0.25) is 5.02 Å². The number of carbonyl (C=O) groups is 1. The summed E-state index contributed by atoms with van der Waals surface area (Å²) in [4.78, 5) is 10.9. The number of hydrogen-bond acceptors (Lipinski definition) is 3. The van der Waals surface area contributed by atoms with Gasteiger partial charge in [-0.15, -0.1) is 0 Å². The van der Waals surface area contributed by atoms with E-state index in [2.05, 4.69) is 10.6 Å². The molecule has 0 atom stereocenters. The van der Waals surface area contributed by atoms with E-state index >= 15 is 0 Å². The first-order valence-corrected chi connectivity index (χ1v) is 4.19. The number of aromatic hydroxyl groups is 1. The van der Waals surface area contributed by atoms with Crippen LogP contribution in [0.4, 0.5) is 16.2 Å². The van der Waals surface area contributed by atoms with Gasteiger partial charge in [-0.3, -0.25) is 0 Å². The second-order valence-corrected chi connectivity index (χ2v) is 3.00. The molecule has 0 heterocycles. The van der Waals surface area contributed by atoms with Crippen LogP contribution in [0.15, 0.2) is 12.1 Å². The average Bonchev–Trinajstić information content (AvgIpc) is 2.14. The van der Waals surface area contributed by atoms with Crippen LogP contribution in [0.1, 0.15) is 0 Å². The fraction of sp³-hybridized carbons (Fsp3) is 0.125. The van der Waals surface area contributed by atoms with Crippen LogP contribution in [-0.2, 0) is 0 Å². The highest BCUT2D eigenvalue weighted by Crippen LogP contribution is 2.31. The van der Waals surface area contributed by atoms with E-state index in [4.69, 9.17) is 17.3 Å². The van der Waals surface area contributed by atoms with E-state index in [-0.39, 0.29) is 22.1 Å². The summed E-state index contributed by atoms with van der Waals surface area (Å²) in [6.45, 7) is 0. The molecule has 0 spiro atoms. The number of carbonyl (C=O) groups excluding carboxylic acids is 1. The van der Waals surface area contributed by atoms with E-state index in [1.165, 1.54) is 19.2 Å². The van der Waals surface area contributed by atoms with E-state index in [9.17, 15) is 9.90 Å². The van der Waals surface area contributed by atoms with Gasteiger partial charge in [0.05, 0.1) is 16.4 Å². The lowest BCUT2D eigenvalue weighted by Gasteiger charge is -2.08. The van der Waals surface area contributed by atoms with Gasteiger partial charge < -0.3 is 21.5 Å². The number of phenols is 1. The quantitative estimate of drug-likeness (QED) is 0.422. The van der Waals surface area contributed by atoms with Crippen LogP contribution in [-0.4, -0.2) is 18.2 Å². The van der Waals surface area contributed by atoms with Gasteiger partial charge in [0.15, 0.2) is 0 Å². The molecule has 0 bridgehead atoms. The maximum absolute atomic E-state index is 10.9. The Kier molecular flexibility index (Phi) is 3.03. The van der Waals surface area contributed by atoms with Crippen molar-refractivity contribution in [1.82, 2.24) is 5.32 Å². The Morgan fingerprint density at radius 2 is 2.21 bits per heavy atom. The van der Waals surface area contributed by atoms with Crippen molar-refractivity contribution in [2.45, 2.75) is 0 Å². The van der Waals surface area contributed by atoms with E-state index in [1.54, 1.807) is 0 Å². The first-order valence-electron chi connectivity index (χ1n) is 3.81. The molecule has 0 saturated carbocycles. The van der Waals surface area contributed by atoms with Gasteiger partial charge in [-0.25, -0.2) is 4.79 Å². The molecule has 2 amide bonds. The van der Waals surface area contributed by atoms with Crippen LogP contribution < -0.4 is 16.4 Å². The summed E-state index contributed by atoms with van der Waals surface area (Å²) in [5, 5.41) is 14.4. The SMILES string of the molecule is CNC(=O)Nc1cc(Cl)c(N)cc1O. The van der Waals surface area contributed by atoms with Gasteiger partial charge in [0, 0.05) is 13.1 Å². The Hall–Kier alpha value is -1.62. The van der Waals surface area contributed by atoms with Crippen molar-refractivity contribution in [3.05, 3.63) is 17.2 Å². The lowest BCUT2D eigenvalue weighted by Crippen LogP contribution is -2.24. The summed E-state index contributed by atoms with van der Waals surface area (Å²) in [5.74, 6) is -0.129. The Balaban J connectivity index is 2.98. The number of nitrogens with one attached hydrogen (secondary N) is 2. The summed E-state index contributed by atoms with van der Waals surface area (Å²) in [6.07, 6.45) is 0. The third-order valence-corrected chi connectivity index (χ3v) is 1.92. The zero-order valence-corrected chi connectivity index (χ0v) is 8.22. The fourth-order valence-electron chi connectivity index (χ4n) is 0.863. The first kappa shape index (κ1) is 10.5. The van der Waals surface area contributed by atoms with Gasteiger partial charge in [-0.2, -0.15) is 0 Å². The Labute approximate surface area is 85.9 Å². The highest BCUT2D eigenvalue weighted by atomic mass is 35.5. The third-order valence-electron chi connectivity index (χ3n) is 1.59. The highest BCUT2D eigenvalue weighted by molar-refractivity contribution is 6.33. The number of phenolic OH excluding ortho intramolecular Hbond substituents is 1. The minimum absolute atomic E-state index is 0.129. The minimum atomic E-state index is -0.443. The Morgan fingerprint density at radius 1 is 1.57 bits per heavy atom. The molecule has 0 aliphatic heterocycles. The summed E-state index contributed by atoms with van der Waals surface area (Å²) >= 11 is 5.70. The van der Waals surface area contributed by atoms with Crippen LogP contribution in [0, 0.1) is 0 Å². The number of amides is 2. The number of hydrogen-bond donors (Lipinski definition) is 4. The minimum Gasteiger partial charge on any atom is -0.506 e. The summed E-state index contributed by atoms with van der Waals surface area (Å²) in [5.41, 5.74) is 5.90. The molecule has 76 valence electrons. The van der Waals surface area contributed by atoms with Crippen molar-refractivity contribution in [3.63, 3.8) is 0 Å². The monoisotopic (exact) mass is 215 g/mol. The van der Waals surface area contributed by atoms with E-state index in [1.807, 2.05) is 0 Å². The molecular formula is C8H10ClN3O2. The van der Waals surface area contributed by atoms with Gasteiger partial charge in [-0.05, 0) is 6.07 Å². The molecule has 0 aliphatic carbocycles. The zero-order valence-electron chi connectivity index (χ0n) is 7.47. The molecular weight excluding hydrogens is 206 g/mol. The predicted octanol–water partition coefficient (Wildman–Crippen LogP) is 1.38. The van der Waals surface area contributed by atoms with Crippen molar-refractivity contribution in [1.29, 1.82) is 0 Å². The summed E-state index contributed by atoms with van der Waals surface area (Å²) < 4.78 is 0. The second kappa shape index (κ2) is 4.06. The van der Waals surface area contributed by atoms with Crippen molar-refractivity contribution >= 4 is 29.0 Å². The lowest BCUT2D eigenvalue weighted by molar-refractivity contribution is 0.254. The largest absolute Gasteiger partial charge is 0.506 e. The molecule has 0 fully saturated rings. The molecule has 0 aromatic heterocycles. The molecule has 1 aromatic carbocycles. The molecule has 0 unspecified atom stereocenters. The average molecular weight is 216 g/mol. The Bertz CT molecular complexity index is 368. The van der Waals surface area contributed by atoms with E-state index in [0.29, 0.717) is 0 Å². The molecule has 1 rings (SSSR count). The smallest absolute Gasteiger partial charge is 0.319 e. The number of anilines is 2. The highest BCUT2D eigenvalue weighted by Gasteiger charge is 2.07. The van der Waals surface area contributed by atoms with Gasteiger partial charge in [0.1, 0.15) is 5.75 Å². The van der Waals surface area contributed by atoms with Crippen LogP contribution in [0.3, 0.4) is 0 Å². The number of rotatable bonds is 1. The van der Waals surface area contributed by atoms with Crippen LogP contribution in [0.25, 0.3) is 0 Å². The summed E-state index contributed by atoms with van der Waals surface area (Å²) in [7, 11) is 1.46. The first-order chi connectivity index (χ1) is 6.54. The molecule has 6 heteroatoms.